The van der Waals surface area contributed by atoms with Crippen molar-refractivity contribution in [2.75, 3.05) is 0 Å². The van der Waals surface area contributed by atoms with Gasteiger partial charge >= 0.3 is 11.9 Å². The summed E-state index contributed by atoms with van der Waals surface area (Å²) < 4.78 is 5.65. The Morgan fingerprint density at radius 3 is 2.32 bits per heavy atom. The number of unbranched alkanes of at least 4 members (excludes halogenated alkanes) is 1. The second-order valence-electron chi connectivity index (χ2n) is 6.79. The number of ether oxygens (including phenoxy) is 1. The number of aromatic carboxylic acids is 1. The number of esters is 1. The fourth-order valence-corrected chi connectivity index (χ4v) is 2.96. The van der Waals surface area contributed by atoms with Crippen LogP contribution in [0.5, 0.6) is 0 Å². The Morgan fingerprint density at radius 1 is 1.12 bits per heavy atom. The van der Waals surface area contributed by atoms with Gasteiger partial charge in [-0.05, 0) is 49.3 Å². The normalized spacial score (nSPS) is 12.2. The molecule has 0 aliphatic rings. The maximum absolute atomic E-state index is 12.6. The van der Waals surface area contributed by atoms with Gasteiger partial charge in [-0.2, -0.15) is 0 Å². The molecular weight excluding hydrogens is 340 g/mol. The van der Waals surface area contributed by atoms with Gasteiger partial charge in [-0.3, -0.25) is 0 Å². The molecule has 0 heterocycles. The summed E-state index contributed by atoms with van der Waals surface area (Å²) in [7, 11) is 0. The molecule has 1 rings (SSSR count). The first kappa shape index (κ1) is 21.5. The summed E-state index contributed by atoms with van der Waals surface area (Å²) in [6.45, 7) is 8.24. The number of carboxylic acid groups (broad SMARTS) is 1. The van der Waals surface area contributed by atoms with Crippen molar-refractivity contribution in [1.29, 1.82) is 0 Å². The highest BCUT2D eigenvalue weighted by molar-refractivity contribution is 6.32. The molecule has 0 saturated heterocycles. The third-order valence-corrected chi connectivity index (χ3v) is 4.59. The van der Waals surface area contributed by atoms with Crippen LogP contribution in [0.25, 0.3) is 0 Å². The molecule has 0 fully saturated rings. The molecular formula is C20H29ClO4. The topological polar surface area (TPSA) is 63.6 Å². The molecule has 0 radical (unpaired) electrons. The van der Waals surface area contributed by atoms with Crippen LogP contribution in [0, 0.1) is 5.92 Å². The molecule has 1 unspecified atom stereocenters. The Hall–Kier alpha value is -1.55. The number of hydrogen-bond donors (Lipinski definition) is 1. The quantitative estimate of drug-likeness (QED) is 0.534. The first-order valence-electron chi connectivity index (χ1n) is 9.06. The average molecular weight is 369 g/mol. The van der Waals surface area contributed by atoms with E-state index < -0.39 is 11.9 Å². The van der Waals surface area contributed by atoms with Crippen molar-refractivity contribution in [3.05, 3.63) is 33.8 Å². The van der Waals surface area contributed by atoms with Crippen molar-refractivity contribution in [2.45, 2.75) is 72.3 Å². The molecule has 0 amide bonds. The van der Waals surface area contributed by atoms with Gasteiger partial charge in [-0.25, -0.2) is 9.59 Å². The number of rotatable bonds is 10. The highest BCUT2D eigenvalue weighted by atomic mass is 35.5. The largest absolute Gasteiger partial charge is 0.478 e. The highest BCUT2D eigenvalue weighted by Gasteiger charge is 2.23. The number of hydrogen-bond acceptors (Lipinski definition) is 3. The smallest absolute Gasteiger partial charge is 0.339 e. The van der Waals surface area contributed by atoms with Gasteiger partial charge in [0.2, 0.25) is 0 Å². The fraction of sp³-hybridized carbons (Fsp3) is 0.600. The highest BCUT2D eigenvalue weighted by Crippen LogP contribution is 2.25. The van der Waals surface area contributed by atoms with E-state index in [-0.39, 0.29) is 17.2 Å². The van der Waals surface area contributed by atoms with Crippen molar-refractivity contribution in [1.82, 2.24) is 0 Å². The number of carboxylic acids is 1. The molecule has 1 aromatic carbocycles. The molecule has 0 aromatic heterocycles. The molecule has 0 aliphatic heterocycles. The monoisotopic (exact) mass is 368 g/mol. The zero-order valence-corrected chi connectivity index (χ0v) is 16.4. The zero-order chi connectivity index (χ0) is 19.0. The van der Waals surface area contributed by atoms with Crippen LogP contribution in [0.15, 0.2) is 12.1 Å². The maximum Gasteiger partial charge on any atom is 0.339 e. The number of carbonyl (C=O) groups excluding carboxylic acids is 1. The van der Waals surface area contributed by atoms with E-state index >= 15 is 0 Å². The summed E-state index contributed by atoms with van der Waals surface area (Å²) in [5.74, 6) is -1.23. The number of halogens is 1. The Balaban J connectivity index is 3.02. The van der Waals surface area contributed by atoms with E-state index in [0.717, 1.165) is 32.1 Å². The van der Waals surface area contributed by atoms with Crippen LogP contribution < -0.4 is 0 Å². The lowest BCUT2D eigenvalue weighted by Crippen LogP contribution is -2.21. The van der Waals surface area contributed by atoms with Gasteiger partial charge in [0.1, 0.15) is 6.10 Å². The fourth-order valence-electron chi connectivity index (χ4n) is 2.66. The number of carbonyl (C=O) groups is 2. The van der Waals surface area contributed by atoms with Crippen LogP contribution in [-0.4, -0.2) is 23.1 Å². The van der Waals surface area contributed by atoms with Crippen LogP contribution >= 0.6 is 11.6 Å². The molecule has 25 heavy (non-hydrogen) atoms. The molecule has 140 valence electrons. The van der Waals surface area contributed by atoms with Crippen molar-refractivity contribution >= 4 is 23.5 Å². The molecule has 0 aliphatic carbocycles. The van der Waals surface area contributed by atoms with Crippen molar-refractivity contribution in [3.8, 4) is 0 Å². The Morgan fingerprint density at radius 2 is 1.80 bits per heavy atom. The molecule has 1 aromatic rings. The lowest BCUT2D eigenvalue weighted by atomic mass is 10.0. The van der Waals surface area contributed by atoms with Gasteiger partial charge in [0.05, 0.1) is 11.1 Å². The summed E-state index contributed by atoms with van der Waals surface area (Å²) in [5, 5.41) is 9.82. The first-order chi connectivity index (χ1) is 11.8. The molecule has 5 heteroatoms. The van der Waals surface area contributed by atoms with Crippen molar-refractivity contribution in [3.63, 3.8) is 0 Å². The number of benzene rings is 1. The minimum Gasteiger partial charge on any atom is -0.478 e. The molecule has 0 saturated carbocycles. The average Bonchev–Trinajstić information content (AvgIpc) is 2.56. The van der Waals surface area contributed by atoms with Crippen molar-refractivity contribution in [2.24, 2.45) is 5.92 Å². The summed E-state index contributed by atoms with van der Waals surface area (Å²) >= 11 is 6.17. The zero-order valence-electron chi connectivity index (χ0n) is 15.6. The third kappa shape index (κ3) is 6.69. The SMILES string of the molecule is CCCCC(CCC(C)C)OC(=O)c1cc(Cl)c(CC)cc1C(=O)O. The van der Waals surface area contributed by atoms with Crippen molar-refractivity contribution < 1.29 is 19.4 Å². The summed E-state index contributed by atoms with van der Waals surface area (Å²) in [4.78, 5) is 24.1. The van der Waals surface area contributed by atoms with E-state index in [0.29, 0.717) is 22.9 Å². The minimum atomic E-state index is -1.15. The van der Waals surface area contributed by atoms with Crippen LogP contribution in [0.1, 0.15) is 86.1 Å². The minimum absolute atomic E-state index is 0.0285. The Labute approximate surface area is 155 Å². The van der Waals surface area contributed by atoms with Gasteiger partial charge in [-0.1, -0.05) is 52.1 Å². The first-order valence-corrected chi connectivity index (χ1v) is 9.44. The van der Waals surface area contributed by atoms with Gasteiger partial charge in [0.25, 0.3) is 0 Å². The Bertz CT molecular complexity index is 596. The van der Waals surface area contributed by atoms with Gasteiger partial charge in [0.15, 0.2) is 0 Å². The van der Waals surface area contributed by atoms with E-state index in [1.54, 1.807) is 0 Å². The van der Waals surface area contributed by atoms with Crippen LogP contribution in [0.3, 0.4) is 0 Å². The molecule has 0 spiro atoms. The van der Waals surface area contributed by atoms with Gasteiger partial charge in [-0.15, -0.1) is 0 Å². The molecule has 0 bridgehead atoms. The van der Waals surface area contributed by atoms with E-state index in [9.17, 15) is 14.7 Å². The van der Waals surface area contributed by atoms with Gasteiger partial charge < -0.3 is 9.84 Å². The van der Waals surface area contributed by atoms with Crippen LogP contribution in [0.4, 0.5) is 0 Å². The van der Waals surface area contributed by atoms with E-state index in [1.807, 2.05) is 6.92 Å². The predicted octanol–water partition coefficient (Wildman–Crippen LogP) is 5.75. The summed E-state index contributed by atoms with van der Waals surface area (Å²) in [6, 6.07) is 2.89. The van der Waals surface area contributed by atoms with E-state index in [4.69, 9.17) is 16.3 Å². The van der Waals surface area contributed by atoms with Crippen LogP contribution in [-0.2, 0) is 11.2 Å². The lowest BCUT2D eigenvalue weighted by molar-refractivity contribution is 0.0238. The van der Waals surface area contributed by atoms with E-state index in [1.165, 1.54) is 12.1 Å². The molecule has 1 atom stereocenters. The van der Waals surface area contributed by atoms with E-state index in [2.05, 4.69) is 20.8 Å². The maximum atomic E-state index is 12.6. The summed E-state index contributed by atoms with van der Waals surface area (Å²) in [5.41, 5.74) is 0.683. The third-order valence-electron chi connectivity index (χ3n) is 4.24. The summed E-state index contributed by atoms with van der Waals surface area (Å²) in [6.07, 6.45) is 4.93. The Kier molecular flexibility index (Phi) is 8.98. The predicted molar refractivity (Wildman–Crippen MR) is 101 cm³/mol. The molecule has 1 N–H and O–H groups in total. The standard InChI is InChI=1S/C20H29ClO4/c1-5-7-8-15(10-9-13(3)4)25-20(24)17-12-18(21)14(6-2)11-16(17)19(22)23/h11-13,15H,5-10H2,1-4H3,(H,22,23). The number of aryl methyl sites for hydroxylation is 1. The lowest BCUT2D eigenvalue weighted by Gasteiger charge is -2.19. The second kappa shape index (κ2) is 10.4. The van der Waals surface area contributed by atoms with Crippen LogP contribution in [0.2, 0.25) is 5.02 Å². The van der Waals surface area contributed by atoms with Gasteiger partial charge in [0, 0.05) is 5.02 Å². The molecule has 4 nitrogen and oxygen atoms in total. The second-order valence-corrected chi connectivity index (χ2v) is 7.20.